The first-order valence-electron chi connectivity index (χ1n) is 6.10. The zero-order chi connectivity index (χ0) is 13.0. The van der Waals surface area contributed by atoms with E-state index in [-0.39, 0.29) is 0 Å². The van der Waals surface area contributed by atoms with Crippen LogP contribution in [-0.4, -0.2) is 36.5 Å². The number of anilines is 1. The van der Waals surface area contributed by atoms with Crippen LogP contribution < -0.4 is 5.32 Å². The van der Waals surface area contributed by atoms with E-state index in [9.17, 15) is 0 Å². The van der Waals surface area contributed by atoms with Crippen LogP contribution in [0, 0.1) is 0 Å². The number of benzene rings is 1. The lowest BCUT2D eigenvalue weighted by Crippen LogP contribution is -2.14. The average Bonchev–Trinajstić information content (AvgIpc) is 2.70. The number of hydrogen-bond acceptors (Lipinski definition) is 4. The molecule has 0 amide bonds. The highest BCUT2D eigenvalue weighted by molar-refractivity contribution is 7.11. The number of aromatic nitrogens is 1. The van der Waals surface area contributed by atoms with Crippen molar-refractivity contribution in [1.29, 1.82) is 0 Å². The van der Waals surface area contributed by atoms with Crippen molar-refractivity contribution in [2.75, 3.05) is 32.5 Å². The summed E-state index contributed by atoms with van der Waals surface area (Å²) in [6.45, 7) is 2.13. The minimum atomic E-state index is 0.741. The lowest BCUT2D eigenvalue weighted by Gasteiger charge is -2.09. The van der Waals surface area contributed by atoms with Gasteiger partial charge in [0, 0.05) is 17.0 Å². The number of hydrogen-bond donors (Lipinski definition) is 1. The zero-order valence-electron chi connectivity index (χ0n) is 10.7. The number of unbranched alkanes of at least 4 members (excludes halogenated alkanes) is 1. The van der Waals surface area contributed by atoms with Gasteiger partial charge in [0.25, 0.3) is 0 Å². The summed E-state index contributed by atoms with van der Waals surface area (Å²) in [7, 11) is 4.21. The molecule has 98 valence electrons. The monoisotopic (exact) mass is 283 g/mol. The van der Waals surface area contributed by atoms with Crippen LogP contribution >= 0.6 is 23.1 Å². The molecule has 2 aromatic rings. The summed E-state index contributed by atoms with van der Waals surface area (Å²) in [5.41, 5.74) is 0.975. The molecule has 0 bridgehead atoms. The Morgan fingerprint density at radius 1 is 1.33 bits per heavy atom. The molecule has 1 aromatic carbocycles. The molecule has 0 saturated heterocycles. The summed E-state index contributed by atoms with van der Waals surface area (Å²) in [6, 6.07) is 5.85. The van der Waals surface area contributed by atoms with Gasteiger partial charge in [-0.15, -0.1) is 0 Å². The van der Waals surface area contributed by atoms with Crippen LogP contribution in [0.15, 0.2) is 18.2 Å². The summed E-state index contributed by atoms with van der Waals surface area (Å²) < 4.78 is 4.39. The first-order chi connectivity index (χ1) is 8.66. The van der Waals surface area contributed by atoms with Gasteiger partial charge in [-0.1, -0.05) is 11.6 Å². The fraction of sp³-hybridized carbons (Fsp3) is 0.462. The van der Waals surface area contributed by atoms with E-state index < -0.39 is 0 Å². The van der Waals surface area contributed by atoms with Crippen LogP contribution in [0.5, 0.6) is 0 Å². The zero-order valence-corrected chi connectivity index (χ0v) is 12.3. The Morgan fingerprint density at radius 3 is 2.94 bits per heavy atom. The summed E-state index contributed by atoms with van der Waals surface area (Å²) in [6.07, 6.45) is 2.38. The van der Waals surface area contributed by atoms with E-state index in [1.165, 1.54) is 24.4 Å². The Bertz CT molecular complexity index is 510. The van der Waals surface area contributed by atoms with Gasteiger partial charge in [-0.2, -0.15) is 4.37 Å². The van der Waals surface area contributed by atoms with E-state index in [0.29, 0.717) is 0 Å². The third kappa shape index (κ3) is 3.57. The predicted molar refractivity (Wildman–Crippen MR) is 80.9 cm³/mol. The van der Waals surface area contributed by atoms with Gasteiger partial charge < -0.3 is 10.2 Å². The van der Waals surface area contributed by atoms with Crippen molar-refractivity contribution in [3.05, 3.63) is 23.2 Å². The highest BCUT2D eigenvalue weighted by Crippen LogP contribution is 2.29. The first-order valence-corrected chi connectivity index (χ1v) is 7.25. The number of halogens is 1. The molecule has 2 rings (SSSR count). The van der Waals surface area contributed by atoms with E-state index in [1.54, 1.807) is 0 Å². The Kier molecular flexibility index (Phi) is 4.80. The summed E-state index contributed by atoms with van der Waals surface area (Å²) in [5.74, 6) is 0. The number of nitrogens with one attached hydrogen (secondary N) is 1. The molecule has 18 heavy (non-hydrogen) atoms. The van der Waals surface area contributed by atoms with Gasteiger partial charge in [0.2, 0.25) is 0 Å². The van der Waals surface area contributed by atoms with Crippen molar-refractivity contribution >= 4 is 39.0 Å². The maximum Gasteiger partial charge on any atom is 0.117 e. The van der Waals surface area contributed by atoms with Crippen LogP contribution in [0.3, 0.4) is 0 Å². The van der Waals surface area contributed by atoms with Crippen molar-refractivity contribution < 1.29 is 0 Å². The second kappa shape index (κ2) is 6.36. The van der Waals surface area contributed by atoms with Crippen LogP contribution in [0.25, 0.3) is 10.9 Å². The Morgan fingerprint density at radius 2 is 2.17 bits per heavy atom. The fourth-order valence-corrected chi connectivity index (χ4v) is 2.74. The van der Waals surface area contributed by atoms with Gasteiger partial charge in [-0.25, -0.2) is 0 Å². The molecule has 0 atom stereocenters. The molecule has 1 N–H and O–H groups in total. The largest absolute Gasteiger partial charge is 0.375 e. The summed E-state index contributed by atoms with van der Waals surface area (Å²) >= 11 is 7.45. The molecule has 1 aromatic heterocycles. The first kappa shape index (κ1) is 13.6. The number of fused-ring (bicyclic) bond motifs is 1. The van der Waals surface area contributed by atoms with Crippen molar-refractivity contribution in [3.8, 4) is 0 Å². The number of nitrogens with zero attached hydrogens (tertiary/aromatic N) is 2. The highest BCUT2D eigenvalue weighted by atomic mass is 35.5. The van der Waals surface area contributed by atoms with E-state index in [2.05, 4.69) is 28.7 Å². The molecular formula is C13H18ClN3S. The molecule has 0 aliphatic heterocycles. The molecular weight excluding hydrogens is 266 g/mol. The van der Waals surface area contributed by atoms with E-state index in [4.69, 9.17) is 11.6 Å². The smallest absolute Gasteiger partial charge is 0.117 e. The topological polar surface area (TPSA) is 28.2 Å². The van der Waals surface area contributed by atoms with Gasteiger partial charge in [0.1, 0.15) is 5.00 Å². The second-order valence-electron chi connectivity index (χ2n) is 4.61. The third-order valence-corrected chi connectivity index (χ3v) is 3.83. The molecule has 0 spiro atoms. The molecule has 0 radical (unpaired) electrons. The van der Waals surface area contributed by atoms with Crippen molar-refractivity contribution in [2.45, 2.75) is 12.8 Å². The Balaban J connectivity index is 1.88. The van der Waals surface area contributed by atoms with Gasteiger partial charge in [-0.05, 0) is 63.2 Å². The molecule has 1 heterocycles. The minimum absolute atomic E-state index is 0.741. The van der Waals surface area contributed by atoms with Crippen LogP contribution in [-0.2, 0) is 0 Å². The molecule has 0 aliphatic carbocycles. The van der Waals surface area contributed by atoms with Gasteiger partial charge in [0.15, 0.2) is 0 Å². The van der Waals surface area contributed by atoms with Crippen LogP contribution in [0.2, 0.25) is 5.02 Å². The predicted octanol–water partition coefficient (Wildman–Crippen LogP) is 3.70. The normalized spacial score (nSPS) is 11.3. The van der Waals surface area contributed by atoms with Crippen molar-refractivity contribution in [1.82, 2.24) is 9.27 Å². The van der Waals surface area contributed by atoms with Crippen LogP contribution in [0.1, 0.15) is 12.8 Å². The minimum Gasteiger partial charge on any atom is -0.375 e. The van der Waals surface area contributed by atoms with E-state index in [0.717, 1.165) is 34.0 Å². The lowest BCUT2D eigenvalue weighted by molar-refractivity contribution is 0.396. The third-order valence-electron chi connectivity index (χ3n) is 2.76. The van der Waals surface area contributed by atoms with Gasteiger partial charge in [-0.3, -0.25) is 0 Å². The molecule has 0 saturated carbocycles. The average molecular weight is 284 g/mol. The fourth-order valence-electron chi connectivity index (χ4n) is 1.80. The molecule has 5 heteroatoms. The van der Waals surface area contributed by atoms with Crippen molar-refractivity contribution in [3.63, 3.8) is 0 Å². The molecule has 3 nitrogen and oxygen atoms in total. The molecule has 0 fully saturated rings. The standard InChI is InChI=1S/C13H18ClN3S/c1-17(2)8-4-3-7-15-13-11-6-5-10(14)9-12(11)16-18-13/h5-6,9,15H,3-4,7-8H2,1-2H3. The van der Waals surface area contributed by atoms with E-state index >= 15 is 0 Å². The number of rotatable bonds is 6. The maximum atomic E-state index is 5.94. The highest BCUT2D eigenvalue weighted by Gasteiger charge is 2.05. The van der Waals surface area contributed by atoms with E-state index in [1.807, 2.05) is 18.2 Å². The van der Waals surface area contributed by atoms with Gasteiger partial charge >= 0.3 is 0 Å². The van der Waals surface area contributed by atoms with Crippen molar-refractivity contribution in [2.24, 2.45) is 0 Å². The van der Waals surface area contributed by atoms with Gasteiger partial charge in [0.05, 0.1) is 5.52 Å². The molecule has 0 aliphatic rings. The SMILES string of the molecule is CN(C)CCCCNc1snc2cc(Cl)ccc12. The quantitative estimate of drug-likeness (QED) is 0.819. The van der Waals surface area contributed by atoms with Crippen LogP contribution in [0.4, 0.5) is 5.00 Å². The lowest BCUT2D eigenvalue weighted by atomic mass is 10.2. The summed E-state index contributed by atoms with van der Waals surface area (Å²) in [4.78, 5) is 2.21. The Hall–Kier alpha value is -0.840. The Labute approximate surface area is 117 Å². The molecule has 0 unspecified atom stereocenters. The summed E-state index contributed by atoms with van der Waals surface area (Å²) in [5, 5.41) is 6.51. The second-order valence-corrected chi connectivity index (χ2v) is 5.82. The maximum absolute atomic E-state index is 5.94.